The number of esters is 1. The molecule has 204 valence electrons. The number of nitrogens with zero attached hydrogens (tertiary/aromatic N) is 1. The highest BCUT2D eigenvalue weighted by Crippen LogP contribution is 2.49. The monoisotopic (exact) mass is 543 g/mol. The Morgan fingerprint density at radius 1 is 1.22 bits per heavy atom. The zero-order valence-corrected chi connectivity index (χ0v) is 21.5. The van der Waals surface area contributed by atoms with Crippen molar-refractivity contribution >= 4 is 13.7 Å². The van der Waals surface area contributed by atoms with Gasteiger partial charge in [-0.25, -0.2) is 9.36 Å². The van der Waals surface area contributed by atoms with E-state index in [-0.39, 0.29) is 5.75 Å². The van der Waals surface area contributed by atoms with E-state index < -0.39 is 67.4 Å². The van der Waals surface area contributed by atoms with E-state index in [0.717, 1.165) is 23.8 Å². The first kappa shape index (κ1) is 28.7. The van der Waals surface area contributed by atoms with Crippen LogP contribution >= 0.6 is 7.75 Å². The maximum Gasteiger partial charge on any atom is 0.459 e. The Kier molecular flexibility index (Phi) is 8.44. The number of para-hydroxylation sites is 1. The van der Waals surface area contributed by atoms with Crippen LogP contribution in [0.3, 0.4) is 0 Å². The molecule has 6 atom stereocenters. The summed E-state index contributed by atoms with van der Waals surface area (Å²) in [5.74, 6) is -3.37. The Balaban J connectivity index is 1.86. The average Bonchev–Trinajstić information content (AvgIpc) is 2.98. The molecule has 0 bridgehead atoms. The summed E-state index contributed by atoms with van der Waals surface area (Å²) < 4.78 is 35.7. The van der Waals surface area contributed by atoms with E-state index in [9.17, 15) is 34.3 Å². The second kappa shape index (κ2) is 10.9. The van der Waals surface area contributed by atoms with Crippen LogP contribution in [0.15, 0.2) is 52.2 Å². The number of benzene rings is 1. The molecule has 5 N–H and O–H groups in total. The highest BCUT2D eigenvalue weighted by atomic mass is 31.2. The first-order valence-corrected chi connectivity index (χ1v) is 12.8. The number of carbonyl (C=O) groups excluding carboxylic acids is 1. The lowest BCUT2D eigenvalue weighted by atomic mass is 9.94. The molecule has 1 aromatic heterocycles. The number of aliphatic hydroxyl groups excluding tert-OH is 1. The maximum atomic E-state index is 13.6. The highest BCUT2D eigenvalue weighted by Gasteiger charge is 2.62. The van der Waals surface area contributed by atoms with Crippen LogP contribution in [-0.4, -0.2) is 67.1 Å². The fourth-order valence-corrected chi connectivity index (χ4v) is 5.06. The third-order valence-corrected chi connectivity index (χ3v) is 6.99. The number of hydrogen-bond donors (Lipinski definition) is 5. The van der Waals surface area contributed by atoms with Crippen LogP contribution in [0.1, 0.15) is 33.9 Å². The maximum absolute atomic E-state index is 13.6. The van der Waals surface area contributed by atoms with Gasteiger partial charge in [0.15, 0.2) is 6.23 Å². The van der Waals surface area contributed by atoms with Crippen LogP contribution in [0.2, 0.25) is 0 Å². The second-order valence-corrected chi connectivity index (χ2v) is 10.7. The Morgan fingerprint density at radius 2 is 1.86 bits per heavy atom. The Morgan fingerprint density at radius 3 is 2.46 bits per heavy atom. The number of ether oxygens (including phenoxy) is 2. The summed E-state index contributed by atoms with van der Waals surface area (Å²) in [6.45, 7) is 4.66. The predicted molar refractivity (Wildman–Crippen MR) is 127 cm³/mol. The SMILES string of the molecule is CC(C)OC(=O)C(C)N[P@](=O)(OC[C@@]1(O)O[C@@H](n2ccc(=O)[nH]c2=O)[C@](C)(O)[C@@H]1O)Oc1ccccc1. The van der Waals surface area contributed by atoms with Gasteiger partial charge in [0.25, 0.3) is 5.56 Å². The van der Waals surface area contributed by atoms with Gasteiger partial charge in [-0.15, -0.1) is 0 Å². The molecule has 0 saturated carbocycles. The number of hydrogen-bond acceptors (Lipinski definition) is 11. The van der Waals surface area contributed by atoms with Gasteiger partial charge in [-0.1, -0.05) is 18.2 Å². The molecule has 3 rings (SSSR count). The molecule has 0 amide bonds. The number of aromatic amines is 1. The van der Waals surface area contributed by atoms with Gasteiger partial charge >= 0.3 is 19.4 Å². The molecule has 2 aromatic rings. The van der Waals surface area contributed by atoms with Gasteiger partial charge in [0.1, 0.15) is 30.1 Å². The van der Waals surface area contributed by atoms with Crippen molar-refractivity contribution in [2.24, 2.45) is 0 Å². The summed E-state index contributed by atoms with van der Waals surface area (Å²) in [5.41, 5.74) is -3.97. The molecular formula is C22H30N3O11P. The highest BCUT2D eigenvalue weighted by molar-refractivity contribution is 7.52. The summed E-state index contributed by atoms with van der Waals surface area (Å²) in [5, 5.41) is 35.0. The van der Waals surface area contributed by atoms with Gasteiger partial charge in [0.05, 0.1) is 6.10 Å². The minimum absolute atomic E-state index is 0.0901. The largest absolute Gasteiger partial charge is 0.462 e. The number of aromatic nitrogens is 2. The van der Waals surface area contributed by atoms with Crippen molar-refractivity contribution < 1.29 is 43.2 Å². The molecule has 1 fully saturated rings. The van der Waals surface area contributed by atoms with E-state index in [1.807, 2.05) is 4.98 Å². The minimum atomic E-state index is -4.47. The van der Waals surface area contributed by atoms with Gasteiger partial charge < -0.3 is 29.3 Å². The molecular weight excluding hydrogens is 513 g/mol. The Labute approximate surface area is 211 Å². The molecule has 14 nitrogen and oxygen atoms in total. The van der Waals surface area contributed by atoms with E-state index in [2.05, 4.69) is 5.09 Å². The van der Waals surface area contributed by atoms with Gasteiger partial charge in [-0.3, -0.25) is 23.7 Å². The van der Waals surface area contributed by atoms with E-state index in [1.165, 1.54) is 19.1 Å². The lowest BCUT2D eigenvalue weighted by Crippen LogP contribution is -2.52. The van der Waals surface area contributed by atoms with E-state index >= 15 is 0 Å². The van der Waals surface area contributed by atoms with E-state index in [1.54, 1.807) is 32.0 Å². The summed E-state index contributed by atoms with van der Waals surface area (Å²) in [4.78, 5) is 37.9. The van der Waals surface area contributed by atoms with Crippen molar-refractivity contribution in [3.05, 3.63) is 63.4 Å². The summed E-state index contributed by atoms with van der Waals surface area (Å²) >= 11 is 0. The van der Waals surface area contributed by atoms with Crippen molar-refractivity contribution in [2.45, 2.75) is 63.6 Å². The van der Waals surface area contributed by atoms with Gasteiger partial charge in [-0.2, -0.15) is 5.09 Å². The molecule has 15 heteroatoms. The zero-order valence-electron chi connectivity index (χ0n) is 20.6. The fraction of sp³-hybridized carbons (Fsp3) is 0.500. The van der Waals surface area contributed by atoms with Gasteiger partial charge in [0.2, 0.25) is 5.79 Å². The average molecular weight is 543 g/mol. The normalized spacial score (nSPS) is 28.0. The Hall–Kier alpha value is -2.84. The van der Waals surface area contributed by atoms with Crippen LogP contribution in [0.4, 0.5) is 0 Å². The molecule has 37 heavy (non-hydrogen) atoms. The molecule has 1 aliphatic rings. The molecule has 1 aromatic carbocycles. The van der Waals surface area contributed by atoms with Crippen molar-refractivity contribution in [2.75, 3.05) is 6.61 Å². The molecule has 0 spiro atoms. The first-order chi connectivity index (χ1) is 17.2. The van der Waals surface area contributed by atoms with Crippen molar-refractivity contribution in [3.8, 4) is 5.75 Å². The number of aliphatic hydroxyl groups is 3. The number of carbonyl (C=O) groups is 1. The van der Waals surface area contributed by atoms with Crippen molar-refractivity contribution in [3.63, 3.8) is 0 Å². The predicted octanol–water partition coefficient (Wildman–Crippen LogP) is -0.000700. The molecule has 2 heterocycles. The first-order valence-electron chi connectivity index (χ1n) is 11.3. The molecule has 0 aliphatic carbocycles. The third kappa shape index (κ3) is 6.54. The van der Waals surface area contributed by atoms with Gasteiger partial charge in [0, 0.05) is 12.3 Å². The number of H-pyrrole nitrogens is 1. The summed E-state index contributed by atoms with van der Waals surface area (Å²) in [7, 11) is -4.47. The van der Waals surface area contributed by atoms with E-state index in [0.29, 0.717) is 0 Å². The lowest BCUT2D eigenvalue weighted by molar-refractivity contribution is -0.251. The Bertz CT molecular complexity index is 1260. The van der Waals surface area contributed by atoms with Crippen molar-refractivity contribution in [1.29, 1.82) is 0 Å². The third-order valence-electron chi connectivity index (χ3n) is 5.37. The standard InChI is InChI=1S/C22H30N3O11P/c1-13(2)34-17(27)14(3)24-37(32,36-15-8-6-5-7-9-15)33-12-22(31)18(28)21(4,30)19(35-22)25-11-10-16(26)23-20(25)29/h5-11,13-14,18-19,28,30-31H,12H2,1-4H3,(H,24,32)(H,23,26,29)/t14?,18-,19+,21+,22+,37-/m0/s1. The topological polar surface area (TPSA) is 199 Å². The second-order valence-electron chi connectivity index (χ2n) is 8.97. The van der Waals surface area contributed by atoms with Crippen LogP contribution in [0.25, 0.3) is 0 Å². The van der Waals surface area contributed by atoms with Gasteiger partial charge in [-0.05, 0) is 39.8 Å². The quantitative estimate of drug-likeness (QED) is 0.199. The number of nitrogens with one attached hydrogen (secondary N) is 2. The van der Waals surface area contributed by atoms with Crippen molar-refractivity contribution in [1.82, 2.24) is 14.6 Å². The smallest absolute Gasteiger partial charge is 0.459 e. The van der Waals surface area contributed by atoms with Crippen LogP contribution < -0.4 is 20.9 Å². The van der Waals surface area contributed by atoms with Crippen LogP contribution in [0, 0.1) is 0 Å². The number of rotatable bonds is 10. The molecule has 1 unspecified atom stereocenters. The molecule has 1 aliphatic heterocycles. The molecule has 0 radical (unpaired) electrons. The molecule has 1 saturated heterocycles. The zero-order chi connectivity index (χ0) is 27.6. The van der Waals surface area contributed by atoms with E-state index in [4.69, 9.17) is 18.5 Å². The summed E-state index contributed by atoms with van der Waals surface area (Å²) in [6, 6.07) is 7.60. The fourth-order valence-electron chi connectivity index (χ4n) is 3.54. The summed E-state index contributed by atoms with van der Waals surface area (Å²) in [6.07, 6.45) is -3.21. The van der Waals surface area contributed by atoms with Crippen LogP contribution in [0.5, 0.6) is 5.75 Å². The lowest BCUT2D eigenvalue weighted by Gasteiger charge is -2.30. The minimum Gasteiger partial charge on any atom is -0.462 e. The van der Waals surface area contributed by atoms with Crippen LogP contribution in [-0.2, 0) is 23.4 Å².